The fraction of sp³-hybridized carbons (Fsp3) is 0.700. The molecule has 0 saturated carbocycles. The summed E-state index contributed by atoms with van der Waals surface area (Å²) in [4.78, 5) is 11.5. The van der Waals surface area contributed by atoms with Crippen LogP contribution in [0.3, 0.4) is 0 Å². The van der Waals surface area contributed by atoms with Crippen molar-refractivity contribution in [3.63, 3.8) is 0 Å². The first-order chi connectivity index (χ1) is 7.48. The SMILES string of the molecule is CCOC(=O)C(CC)NC1C=CS(=O)(=O)C1. The lowest BCUT2D eigenvalue weighted by Gasteiger charge is -2.18. The molecule has 1 rings (SSSR count). The number of ether oxygens (including phenoxy) is 1. The molecule has 2 unspecified atom stereocenters. The van der Waals surface area contributed by atoms with Crippen LogP contribution in [0.4, 0.5) is 0 Å². The highest BCUT2D eigenvalue weighted by atomic mass is 32.2. The fourth-order valence-corrected chi connectivity index (χ4v) is 2.78. The number of nitrogens with one attached hydrogen (secondary N) is 1. The average molecular weight is 247 g/mol. The Labute approximate surface area is 95.8 Å². The molecule has 0 aromatic heterocycles. The summed E-state index contributed by atoms with van der Waals surface area (Å²) in [6.45, 7) is 3.92. The molecule has 92 valence electrons. The van der Waals surface area contributed by atoms with Crippen molar-refractivity contribution in [3.8, 4) is 0 Å². The second kappa shape index (κ2) is 5.45. The van der Waals surface area contributed by atoms with Gasteiger partial charge in [-0.15, -0.1) is 0 Å². The molecule has 0 saturated heterocycles. The maximum absolute atomic E-state index is 11.5. The lowest BCUT2D eigenvalue weighted by Crippen LogP contribution is -2.44. The Balaban J connectivity index is 2.53. The molecule has 0 radical (unpaired) electrons. The first-order valence-electron chi connectivity index (χ1n) is 5.32. The van der Waals surface area contributed by atoms with E-state index in [0.29, 0.717) is 13.0 Å². The van der Waals surface area contributed by atoms with E-state index in [-0.39, 0.29) is 17.8 Å². The second-order valence-electron chi connectivity index (χ2n) is 3.64. The van der Waals surface area contributed by atoms with Crippen LogP contribution in [0, 0.1) is 0 Å². The molecular weight excluding hydrogens is 230 g/mol. The predicted octanol–water partition coefficient (Wildman–Crippen LogP) is 0.228. The van der Waals surface area contributed by atoms with E-state index in [4.69, 9.17) is 4.74 Å². The van der Waals surface area contributed by atoms with Crippen LogP contribution in [0.15, 0.2) is 11.5 Å². The van der Waals surface area contributed by atoms with Gasteiger partial charge in [-0.1, -0.05) is 13.0 Å². The van der Waals surface area contributed by atoms with Crippen molar-refractivity contribution in [2.75, 3.05) is 12.4 Å². The summed E-state index contributed by atoms with van der Waals surface area (Å²) < 4.78 is 27.2. The largest absolute Gasteiger partial charge is 0.465 e. The molecular formula is C10H17NO4S. The molecule has 0 fully saturated rings. The molecule has 0 amide bonds. The van der Waals surface area contributed by atoms with Crippen LogP contribution < -0.4 is 5.32 Å². The van der Waals surface area contributed by atoms with Gasteiger partial charge in [0.05, 0.1) is 12.4 Å². The molecule has 0 aromatic carbocycles. The van der Waals surface area contributed by atoms with Crippen molar-refractivity contribution in [1.82, 2.24) is 5.32 Å². The Morgan fingerprint density at radius 1 is 1.56 bits per heavy atom. The summed E-state index contributed by atoms with van der Waals surface area (Å²) in [6, 6.07) is -0.734. The number of sulfone groups is 1. The third kappa shape index (κ3) is 3.61. The molecule has 16 heavy (non-hydrogen) atoms. The molecule has 1 heterocycles. The van der Waals surface area contributed by atoms with Gasteiger partial charge in [0.25, 0.3) is 0 Å². The average Bonchev–Trinajstić information content (AvgIpc) is 2.55. The Morgan fingerprint density at radius 2 is 2.25 bits per heavy atom. The normalized spacial score (nSPS) is 24.2. The van der Waals surface area contributed by atoms with Crippen LogP contribution in [-0.2, 0) is 19.4 Å². The molecule has 1 aliphatic heterocycles. The van der Waals surface area contributed by atoms with Crippen LogP contribution in [-0.4, -0.2) is 38.8 Å². The third-order valence-electron chi connectivity index (χ3n) is 2.32. The van der Waals surface area contributed by atoms with Crippen LogP contribution in [0.25, 0.3) is 0 Å². The van der Waals surface area contributed by atoms with Gasteiger partial charge in [0.15, 0.2) is 9.84 Å². The van der Waals surface area contributed by atoms with E-state index in [1.54, 1.807) is 13.0 Å². The van der Waals surface area contributed by atoms with Gasteiger partial charge in [-0.2, -0.15) is 0 Å². The summed E-state index contributed by atoms with van der Waals surface area (Å²) in [7, 11) is -3.08. The molecule has 0 aromatic rings. The summed E-state index contributed by atoms with van der Waals surface area (Å²) >= 11 is 0. The molecule has 5 nitrogen and oxygen atoms in total. The first-order valence-corrected chi connectivity index (χ1v) is 7.03. The number of carbonyl (C=O) groups is 1. The highest BCUT2D eigenvalue weighted by molar-refractivity contribution is 7.94. The van der Waals surface area contributed by atoms with E-state index in [9.17, 15) is 13.2 Å². The van der Waals surface area contributed by atoms with Gasteiger partial charge in [-0.25, -0.2) is 8.42 Å². The smallest absolute Gasteiger partial charge is 0.323 e. The highest BCUT2D eigenvalue weighted by Gasteiger charge is 2.26. The van der Waals surface area contributed by atoms with Crippen molar-refractivity contribution >= 4 is 15.8 Å². The van der Waals surface area contributed by atoms with Gasteiger partial charge in [0.2, 0.25) is 0 Å². The molecule has 2 atom stereocenters. The summed E-state index contributed by atoms with van der Waals surface area (Å²) in [5, 5.41) is 4.15. The van der Waals surface area contributed by atoms with Gasteiger partial charge >= 0.3 is 5.97 Å². The van der Waals surface area contributed by atoms with Crippen LogP contribution in [0.2, 0.25) is 0 Å². The zero-order valence-electron chi connectivity index (χ0n) is 9.47. The standard InChI is InChI=1S/C10H17NO4S/c1-3-9(10(12)15-4-2)11-8-5-6-16(13,14)7-8/h5-6,8-9,11H,3-4,7H2,1-2H3. The quantitative estimate of drug-likeness (QED) is 0.704. The van der Waals surface area contributed by atoms with Crippen LogP contribution in [0.1, 0.15) is 20.3 Å². The first kappa shape index (κ1) is 13.2. The zero-order chi connectivity index (χ0) is 12.2. The molecule has 0 bridgehead atoms. The minimum Gasteiger partial charge on any atom is -0.465 e. The van der Waals surface area contributed by atoms with Crippen LogP contribution >= 0.6 is 0 Å². The van der Waals surface area contributed by atoms with Gasteiger partial charge in [-0.3, -0.25) is 10.1 Å². The number of rotatable bonds is 5. The zero-order valence-corrected chi connectivity index (χ0v) is 10.3. The second-order valence-corrected chi connectivity index (χ2v) is 5.58. The monoisotopic (exact) mass is 247 g/mol. The maximum Gasteiger partial charge on any atom is 0.323 e. The van der Waals surface area contributed by atoms with Gasteiger partial charge in [-0.05, 0) is 13.3 Å². The van der Waals surface area contributed by atoms with Crippen LogP contribution in [0.5, 0.6) is 0 Å². The number of carbonyl (C=O) groups excluding carboxylic acids is 1. The summed E-state index contributed by atoms with van der Waals surface area (Å²) in [5.41, 5.74) is 0. The minimum atomic E-state index is -3.08. The predicted molar refractivity (Wildman–Crippen MR) is 60.6 cm³/mol. The molecule has 1 aliphatic rings. The molecule has 0 aliphatic carbocycles. The van der Waals surface area contributed by atoms with E-state index in [1.165, 1.54) is 5.41 Å². The van der Waals surface area contributed by atoms with Crippen molar-refractivity contribution in [2.24, 2.45) is 0 Å². The fourth-order valence-electron chi connectivity index (χ4n) is 1.53. The Bertz CT molecular complexity index is 374. The third-order valence-corrected chi connectivity index (χ3v) is 3.72. The number of esters is 1. The van der Waals surface area contributed by atoms with E-state index < -0.39 is 15.9 Å². The molecule has 0 spiro atoms. The van der Waals surface area contributed by atoms with E-state index >= 15 is 0 Å². The van der Waals surface area contributed by atoms with E-state index in [1.807, 2.05) is 6.92 Å². The lowest BCUT2D eigenvalue weighted by atomic mass is 10.2. The van der Waals surface area contributed by atoms with Crippen molar-refractivity contribution in [3.05, 3.63) is 11.5 Å². The van der Waals surface area contributed by atoms with Gasteiger partial charge < -0.3 is 4.74 Å². The van der Waals surface area contributed by atoms with Gasteiger partial charge in [0, 0.05) is 11.4 Å². The van der Waals surface area contributed by atoms with E-state index in [2.05, 4.69) is 5.32 Å². The molecule has 1 N–H and O–H groups in total. The highest BCUT2D eigenvalue weighted by Crippen LogP contribution is 2.09. The molecule has 6 heteroatoms. The minimum absolute atomic E-state index is 0.0168. The van der Waals surface area contributed by atoms with Crippen molar-refractivity contribution in [1.29, 1.82) is 0 Å². The summed E-state index contributed by atoms with van der Waals surface area (Å²) in [5.74, 6) is -0.314. The Kier molecular flexibility index (Phi) is 4.49. The van der Waals surface area contributed by atoms with Gasteiger partial charge in [0.1, 0.15) is 6.04 Å². The lowest BCUT2D eigenvalue weighted by molar-refractivity contribution is -0.145. The maximum atomic E-state index is 11.5. The van der Waals surface area contributed by atoms with E-state index in [0.717, 1.165) is 0 Å². The number of hydrogen-bond acceptors (Lipinski definition) is 5. The Morgan fingerprint density at radius 3 is 2.69 bits per heavy atom. The van der Waals surface area contributed by atoms with Crippen molar-refractivity contribution in [2.45, 2.75) is 32.4 Å². The Hall–Kier alpha value is -0.880. The van der Waals surface area contributed by atoms with Crippen molar-refractivity contribution < 1.29 is 17.9 Å². The summed E-state index contributed by atoms with van der Waals surface area (Å²) in [6.07, 6.45) is 2.14. The number of hydrogen-bond donors (Lipinski definition) is 1. The topological polar surface area (TPSA) is 72.5 Å².